The molecule has 0 bridgehead atoms. The van der Waals surface area contributed by atoms with Crippen molar-refractivity contribution in [2.45, 2.75) is 12.6 Å². The van der Waals surface area contributed by atoms with Crippen LogP contribution < -0.4 is 5.32 Å². The van der Waals surface area contributed by atoms with Crippen molar-refractivity contribution in [1.82, 2.24) is 25.5 Å². The van der Waals surface area contributed by atoms with Gasteiger partial charge in [0.05, 0.1) is 6.04 Å². The second-order valence-corrected chi connectivity index (χ2v) is 7.48. The van der Waals surface area contributed by atoms with Gasteiger partial charge in [-0.3, -0.25) is 4.79 Å². The fourth-order valence-electron chi connectivity index (χ4n) is 2.58. The Kier molecular flexibility index (Phi) is 5.03. The largest absolute Gasteiger partial charge is 0.343 e. The first-order valence-electron chi connectivity index (χ1n) is 8.07. The Morgan fingerprint density at radius 1 is 1.19 bits per heavy atom. The number of nitrogens with one attached hydrogen (secondary N) is 1. The maximum Gasteiger partial charge on any atom is 0.244 e. The molecule has 1 amide bonds. The van der Waals surface area contributed by atoms with E-state index in [9.17, 15) is 9.18 Å². The van der Waals surface area contributed by atoms with Gasteiger partial charge < -0.3 is 5.32 Å². The van der Waals surface area contributed by atoms with Crippen LogP contribution >= 0.6 is 22.7 Å². The fourth-order valence-corrected chi connectivity index (χ4v) is 4.02. The van der Waals surface area contributed by atoms with Crippen molar-refractivity contribution in [1.29, 1.82) is 0 Å². The average Bonchev–Trinajstić information content (AvgIpc) is 3.42. The predicted molar refractivity (Wildman–Crippen MR) is 102 cm³/mol. The number of rotatable bonds is 6. The SMILES string of the molecule is O=C(Cn1nnc(-c2ccsc2)n1)N[C@H](c1ccc(F)cc1)c1cccs1. The molecule has 0 aliphatic heterocycles. The molecule has 0 spiro atoms. The molecule has 9 heteroatoms. The van der Waals surface area contributed by atoms with E-state index >= 15 is 0 Å². The third-order valence-corrected chi connectivity index (χ3v) is 5.47. The van der Waals surface area contributed by atoms with Crippen LogP contribution in [-0.2, 0) is 11.3 Å². The molecular formula is C18H14FN5OS2. The number of amides is 1. The van der Waals surface area contributed by atoms with Gasteiger partial charge in [-0.25, -0.2) is 4.39 Å². The highest BCUT2D eigenvalue weighted by Crippen LogP contribution is 2.26. The first-order chi connectivity index (χ1) is 13.2. The first-order valence-corrected chi connectivity index (χ1v) is 9.90. The lowest BCUT2D eigenvalue weighted by Gasteiger charge is -2.18. The van der Waals surface area contributed by atoms with Gasteiger partial charge in [0.25, 0.3) is 0 Å². The summed E-state index contributed by atoms with van der Waals surface area (Å²) in [5.41, 5.74) is 1.67. The van der Waals surface area contributed by atoms with Crippen LogP contribution in [-0.4, -0.2) is 26.1 Å². The molecule has 136 valence electrons. The lowest BCUT2D eigenvalue weighted by molar-refractivity contribution is -0.122. The van der Waals surface area contributed by atoms with Gasteiger partial charge in [0, 0.05) is 15.8 Å². The van der Waals surface area contributed by atoms with Crippen molar-refractivity contribution in [3.05, 3.63) is 74.9 Å². The Labute approximate surface area is 162 Å². The maximum absolute atomic E-state index is 13.3. The van der Waals surface area contributed by atoms with Gasteiger partial charge in [0.2, 0.25) is 11.7 Å². The van der Waals surface area contributed by atoms with Crippen molar-refractivity contribution in [3.8, 4) is 11.4 Å². The van der Waals surface area contributed by atoms with Crippen molar-refractivity contribution < 1.29 is 9.18 Å². The number of halogens is 1. The zero-order chi connectivity index (χ0) is 18.6. The van der Waals surface area contributed by atoms with Gasteiger partial charge in [0.15, 0.2) is 0 Å². The molecule has 1 aromatic carbocycles. The van der Waals surface area contributed by atoms with E-state index in [2.05, 4.69) is 20.7 Å². The standard InChI is InChI=1S/C18H14FN5OS2/c19-14-5-3-12(4-6-14)17(15-2-1-8-27-15)20-16(25)10-24-22-18(21-23-24)13-7-9-26-11-13/h1-9,11,17H,10H2,(H,20,25)/t17-/m1/s1. The molecule has 0 fully saturated rings. The van der Waals surface area contributed by atoms with Crippen molar-refractivity contribution in [3.63, 3.8) is 0 Å². The molecule has 27 heavy (non-hydrogen) atoms. The molecule has 3 aromatic heterocycles. The van der Waals surface area contributed by atoms with Gasteiger partial charge in [0.1, 0.15) is 12.4 Å². The number of tetrazole rings is 1. The lowest BCUT2D eigenvalue weighted by atomic mass is 10.1. The monoisotopic (exact) mass is 399 g/mol. The highest BCUT2D eigenvalue weighted by molar-refractivity contribution is 7.10. The zero-order valence-corrected chi connectivity index (χ0v) is 15.6. The molecule has 0 saturated carbocycles. The summed E-state index contributed by atoms with van der Waals surface area (Å²) in [7, 11) is 0. The van der Waals surface area contributed by atoms with Crippen LogP contribution in [0.1, 0.15) is 16.5 Å². The molecule has 4 aromatic rings. The minimum atomic E-state index is -0.363. The molecule has 6 nitrogen and oxygen atoms in total. The number of hydrogen-bond acceptors (Lipinski definition) is 6. The number of carbonyl (C=O) groups excluding carboxylic acids is 1. The number of carbonyl (C=O) groups is 1. The van der Waals surface area contributed by atoms with Crippen molar-refractivity contribution >= 4 is 28.6 Å². The second-order valence-electron chi connectivity index (χ2n) is 5.72. The van der Waals surface area contributed by atoms with E-state index in [4.69, 9.17) is 0 Å². The predicted octanol–water partition coefficient (Wildman–Crippen LogP) is 3.51. The third kappa shape index (κ3) is 4.09. The van der Waals surface area contributed by atoms with E-state index in [0.29, 0.717) is 5.82 Å². The molecule has 1 atom stereocenters. The smallest absolute Gasteiger partial charge is 0.244 e. The van der Waals surface area contributed by atoms with Crippen LogP contribution in [0.25, 0.3) is 11.4 Å². The van der Waals surface area contributed by atoms with Crippen LogP contribution in [0.5, 0.6) is 0 Å². The normalized spacial score (nSPS) is 12.0. The lowest BCUT2D eigenvalue weighted by Crippen LogP contribution is -2.32. The third-order valence-electron chi connectivity index (χ3n) is 3.85. The minimum Gasteiger partial charge on any atom is -0.343 e. The molecule has 1 N–H and O–H groups in total. The molecule has 0 aliphatic carbocycles. The van der Waals surface area contributed by atoms with Crippen LogP contribution in [0, 0.1) is 5.82 Å². The maximum atomic E-state index is 13.3. The second kappa shape index (κ2) is 7.77. The van der Waals surface area contributed by atoms with Crippen molar-refractivity contribution in [2.24, 2.45) is 0 Å². The van der Waals surface area contributed by atoms with E-state index in [-0.39, 0.29) is 24.3 Å². The highest BCUT2D eigenvalue weighted by atomic mass is 32.1. The Hall–Kier alpha value is -2.91. The number of benzene rings is 1. The number of nitrogens with zero attached hydrogens (tertiary/aromatic N) is 4. The minimum absolute atomic E-state index is 0.0554. The Morgan fingerprint density at radius 2 is 2.04 bits per heavy atom. The summed E-state index contributed by atoms with van der Waals surface area (Å²) in [6, 6.07) is 11.5. The van der Waals surface area contributed by atoms with Crippen LogP contribution in [0.4, 0.5) is 4.39 Å². The van der Waals surface area contributed by atoms with Gasteiger partial charge in [-0.2, -0.15) is 16.1 Å². The number of thiophene rings is 2. The van der Waals surface area contributed by atoms with E-state index < -0.39 is 0 Å². The fraction of sp³-hybridized carbons (Fsp3) is 0.111. The first kappa shape index (κ1) is 17.5. The number of hydrogen-bond donors (Lipinski definition) is 1. The molecule has 0 aliphatic rings. The molecule has 4 rings (SSSR count). The zero-order valence-electron chi connectivity index (χ0n) is 13.9. The molecule has 0 unspecified atom stereocenters. The summed E-state index contributed by atoms with van der Waals surface area (Å²) in [4.78, 5) is 14.8. The van der Waals surface area contributed by atoms with Gasteiger partial charge in [-0.15, -0.1) is 21.5 Å². The van der Waals surface area contributed by atoms with Gasteiger partial charge in [-0.1, -0.05) is 18.2 Å². The summed E-state index contributed by atoms with van der Waals surface area (Å²) in [6.45, 7) is -0.0554. The molecule has 3 heterocycles. The average molecular weight is 399 g/mol. The summed E-state index contributed by atoms with van der Waals surface area (Å²) in [5, 5.41) is 20.9. The van der Waals surface area contributed by atoms with Crippen LogP contribution in [0.15, 0.2) is 58.6 Å². The summed E-state index contributed by atoms with van der Waals surface area (Å²) < 4.78 is 13.3. The summed E-state index contributed by atoms with van der Waals surface area (Å²) in [5.74, 6) is -0.0906. The quantitative estimate of drug-likeness (QED) is 0.539. The van der Waals surface area contributed by atoms with Crippen molar-refractivity contribution in [2.75, 3.05) is 0 Å². The van der Waals surface area contributed by atoms with E-state index in [0.717, 1.165) is 16.0 Å². The van der Waals surface area contributed by atoms with Gasteiger partial charge in [-0.05, 0) is 45.8 Å². The highest BCUT2D eigenvalue weighted by Gasteiger charge is 2.19. The van der Waals surface area contributed by atoms with E-state index in [1.54, 1.807) is 23.5 Å². The van der Waals surface area contributed by atoms with Crippen LogP contribution in [0.3, 0.4) is 0 Å². The Morgan fingerprint density at radius 3 is 2.74 bits per heavy atom. The van der Waals surface area contributed by atoms with Gasteiger partial charge >= 0.3 is 0 Å². The molecule has 0 saturated heterocycles. The molecular weight excluding hydrogens is 385 g/mol. The summed E-state index contributed by atoms with van der Waals surface area (Å²) in [6.07, 6.45) is 0. The number of aromatic nitrogens is 4. The summed E-state index contributed by atoms with van der Waals surface area (Å²) >= 11 is 3.06. The molecule has 0 radical (unpaired) electrons. The van der Waals surface area contributed by atoms with E-state index in [1.165, 1.54) is 28.3 Å². The Balaban J connectivity index is 1.49. The van der Waals surface area contributed by atoms with E-state index in [1.807, 2.05) is 34.3 Å². The van der Waals surface area contributed by atoms with Crippen LogP contribution in [0.2, 0.25) is 0 Å². The topological polar surface area (TPSA) is 72.7 Å². The Bertz CT molecular complexity index is 1010.